The van der Waals surface area contributed by atoms with Crippen molar-refractivity contribution < 1.29 is 27.5 Å². The molecule has 0 unspecified atom stereocenters. The van der Waals surface area contributed by atoms with Crippen LogP contribution < -0.4 is 20.9 Å². The Morgan fingerprint density at radius 1 is 0.949 bits per heavy atom. The minimum absolute atomic E-state index is 0.0255. The van der Waals surface area contributed by atoms with E-state index in [0.29, 0.717) is 80.8 Å². The van der Waals surface area contributed by atoms with Crippen molar-refractivity contribution >= 4 is 50.7 Å². The standard InChI is InChI=1S/C43H46Cl2N6O7S/c1-43(2,3)58-42(54)50(25-30-12-14-37(52)48-30)24-27-11-13-35(49-40(27)57-4)34-10-6-9-33(39(34)45)32-8-5-7-31(38(32)44)26-15-18-51-36(21-26)47-23-28(41(51)53)22-46-29-16-19-59(55,56)20-17-29/h5-11,13,15,18,21,23,29-30,46H,12,14,16-17,19-20,22,24-25H2,1-4H3,(H,48,52)/t30-/m0/s1. The van der Waals surface area contributed by atoms with E-state index in [0.717, 1.165) is 11.1 Å². The second-order valence-electron chi connectivity index (χ2n) is 15.9. The third kappa shape index (κ3) is 9.73. The highest BCUT2D eigenvalue weighted by Gasteiger charge is 2.30. The van der Waals surface area contributed by atoms with E-state index in [9.17, 15) is 22.8 Å². The summed E-state index contributed by atoms with van der Waals surface area (Å²) in [6, 6.07) is 18.4. The number of benzene rings is 2. The fraction of sp³-hybridized carbons (Fsp3) is 0.372. The molecule has 2 aliphatic heterocycles. The van der Waals surface area contributed by atoms with Crippen LogP contribution in [0.1, 0.15) is 57.6 Å². The maximum absolute atomic E-state index is 13.4. The molecule has 2 N–H and O–H groups in total. The van der Waals surface area contributed by atoms with Gasteiger partial charge in [-0.25, -0.2) is 23.2 Å². The Morgan fingerprint density at radius 2 is 1.63 bits per heavy atom. The zero-order valence-corrected chi connectivity index (χ0v) is 35.6. The van der Waals surface area contributed by atoms with Crippen LogP contribution in [0.15, 0.2) is 77.9 Å². The second-order valence-corrected chi connectivity index (χ2v) is 19.0. The Bertz CT molecular complexity index is 2580. The van der Waals surface area contributed by atoms with Crippen molar-refractivity contribution in [3.8, 4) is 39.4 Å². The van der Waals surface area contributed by atoms with E-state index in [1.54, 1.807) is 44.1 Å². The van der Waals surface area contributed by atoms with Crippen LogP contribution in [0.3, 0.4) is 0 Å². The van der Waals surface area contributed by atoms with Crippen molar-refractivity contribution in [1.82, 2.24) is 29.9 Å². The van der Waals surface area contributed by atoms with Crippen LogP contribution in [0.25, 0.3) is 39.2 Å². The van der Waals surface area contributed by atoms with Crippen LogP contribution in [0.2, 0.25) is 10.0 Å². The number of hydrogen-bond acceptors (Lipinski definition) is 10. The van der Waals surface area contributed by atoms with E-state index in [2.05, 4.69) is 15.6 Å². The first-order chi connectivity index (χ1) is 28.1. The summed E-state index contributed by atoms with van der Waals surface area (Å²) >= 11 is 14.3. The first-order valence-corrected chi connectivity index (χ1v) is 22.0. The third-order valence-corrected chi connectivity index (χ3v) is 13.0. The van der Waals surface area contributed by atoms with Crippen LogP contribution >= 0.6 is 23.2 Å². The van der Waals surface area contributed by atoms with Gasteiger partial charge in [-0.1, -0.05) is 59.6 Å². The molecule has 59 heavy (non-hydrogen) atoms. The lowest BCUT2D eigenvalue weighted by molar-refractivity contribution is -0.119. The number of aromatic nitrogens is 3. The molecule has 0 bridgehead atoms. The van der Waals surface area contributed by atoms with Crippen LogP contribution in [0.5, 0.6) is 5.88 Å². The predicted molar refractivity (Wildman–Crippen MR) is 228 cm³/mol. The summed E-state index contributed by atoms with van der Waals surface area (Å²) in [6.45, 7) is 6.11. The number of nitrogens with zero attached hydrogens (tertiary/aromatic N) is 4. The SMILES string of the molecule is COc1nc(-c2cccc(-c3cccc(-c4ccn5c(=O)c(CNC6CCS(=O)(=O)CC6)cnc5c4)c3Cl)c2Cl)ccc1CN(C[C@@H]1CCC(=O)N1)C(=O)OC(C)(C)C. The second kappa shape index (κ2) is 17.3. The number of rotatable bonds is 11. The van der Waals surface area contributed by atoms with E-state index in [1.165, 1.54) is 11.5 Å². The van der Waals surface area contributed by atoms with E-state index in [-0.39, 0.29) is 54.7 Å². The molecule has 2 aromatic carbocycles. The molecular formula is C43H46Cl2N6O7S. The molecule has 5 heterocycles. The molecule has 13 nitrogen and oxygen atoms in total. The maximum Gasteiger partial charge on any atom is 0.410 e. The Kier molecular flexibility index (Phi) is 12.3. The highest BCUT2D eigenvalue weighted by molar-refractivity contribution is 7.91. The van der Waals surface area contributed by atoms with Gasteiger partial charge < -0.3 is 25.0 Å². The van der Waals surface area contributed by atoms with Gasteiger partial charge >= 0.3 is 6.09 Å². The van der Waals surface area contributed by atoms with E-state index >= 15 is 0 Å². The molecule has 2 fully saturated rings. The molecule has 16 heteroatoms. The molecule has 310 valence electrons. The van der Waals surface area contributed by atoms with Crippen molar-refractivity contribution in [2.24, 2.45) is 0 Å². The smallest absolute Gasteiger partial charge is 0.410 e. The number of nitrogens with one attached hydrogen (secondary N) is 2. The van der Waals surface area contributed by atoms with Crippen molar-refractivity contribution in [2.75, 3.05) is 25.2 Å². The number of halogens is 2. The van der Waals surface area contributed by atoms with Crippen LogP contribution in [0, 0.1) is 0 Å². The molecule has 0 radical (unpaired) electrons. The third-order valence-electron chi connectivity index (χ3n) is 10.5. The van der Waals surface area contributed by atoms with Gasteiger partial charge in [0.1, 0.15) is 21.1 Å². The number of pyridine rings is 2. The van der Waals surface area contributed by atoms with Crippen LogP contribution in [-0.4, -0.2) is 82.5 Å². The van der Waals surface area contributed by atoms with E-state index in [1.807, 2.05) is 54.6 Å². The molecule has 5 aromatic rings. The monoisotopic (exact) mass is 860 g/mol. The summed E-state index contributed by atoms with van der Waals surface area (Å²) < 4.78 is 36.5. The van der Waals surface area contributed by atoms with Gasteiger partial charge in [0.05, 0.1) is 46.5 Å². The lowest BCUT2D eigenvalue weighted by Crippen LogP contribution is -2.43. The largest absolute Gasteiger partial charge is 0.481 e. The quantitative estimate of drug-likeness (QED) is 0.140. The summed E-state index contributed by atoms with van der Waals surface area (Å²) in [5.74, 6) is 0.558. The molecular weight excluding hydrogens is 815 g/mol. The lowest BCUT2D eigenvalue weighted by atomic mass is 9.97. The number of fused-ring (bicyclic) bond motifs is 1. The fourth-order valence-corrected chi connectivity index (χ4v) is 9.54. The lowest BCUT2D eigenvalue weighted by Gasteiger charge is -2.29. The molecule has 2 aliphatic rings. The van der Waals surface area contributed by atoms with Crippen LogP contribution in [-0.2, 0) is 32.5 Å². The van der Waals surface area contributed by atoms with Crippen LogP contribution in [0.4, 0.5) is 4.79 Å². The summed E-state index contributed by atoms with van der Waals surface area (Å²) in [5, 5.41) is 7.12. The summed E-state index contributed by atoms with van der Waals surface area (Å²) in [7, 11) is -1.47. The van der Waals surface area contributed by atoms with Gasteiger partial charge in [0.15, 0.2) is 0 Å². The molecule has 0 spiro atoms. The fourth-order valence-electron chi connectivity index (χ4n) is 7.38. The Hall–Kier alpha value is -5.02. The molecule has 0 aliphatic carbocycles. The summed E-state index contributed by atoms with van der Waals surface area (Å²) in [6.07, 6.45) is 4.79. The Balaban J connectivity index is 1.13. The van der Waals surface area contributed by atoms with Crippen molar-refractivity contribution in [3.63, 3.8) is 0 Å². The first kappa shape index (κ1) is 42.1. The molecule has 2 saturated heterocycles. The molecule has 0 saturated carbocycles. The molecule has 2 amide bonds. The van der Waals surface area contributed by atoms with Gasteiger partial charge in [-0.15, -0.1) is 0 Å². The van der Waals surface area contributed by atoms with Gasteiger partial charge in [0.2, 0.25) is 11.8 Å². The minimum atomic E-state index is -2.98. The number of methoxy groups -OCH3 is 1. The zero-order chi connectivity index (χ0) is 42.1. The van der Waals surface area contributed by atoms with Crippen molar-refractivity contribution in [3.05, 3.63) is 105 Å². The molecule has 1 atom stereocenters. The van der Waals surface area contributed by atoms with Gasteiger partial charge in [0, 0.05) is 71.8 Å². The highest BCUT2D eigenvalue weighted by Crippen LogP contribution is 2.42. The minimum Gasteiger partial charge on any atom is -0.481 e. The predicted octanol–water partition coefficient (Wildman–Crippen LogP) is 7.09. The molecule has 7 rings (SSSR count). The summed E-state index contributed by atoms with van der Waals surface area (Å²) in [5.41, 5.74) is 4.68. The number of carbonyl (C=O) groups excluding carboxylic acids is 2. The first-order valence-electron chi connectivity index (χ1n) is 19.4. The number of amides is 2. The van der Waals surface area contributed by atoms with E-state index in [4.69, 9.17) is 37.7 Å². The topological polar surface area (TPSA) is 161 Å². The number of ether oxygens (including phenoxy) is 2. The molecule has 3 aromatic heterocycles. The zero-order valence-electron chi connectivity index (χ0n) is 33.3. The Morgan fingerprint density at radius 3 is 2.29 bits per heavy atom. The normalized spacial score (nSPS) is 16.8. The average molecular weight is 862 g/mol. The number of hydrogen-bond donors (Lipinski definition) is 2. The maximum atomic E-state index is 13.4. The summed E-state index contributed by atoms with van der Waals surface area (Å²) in [4.78, 5) is 49.6. The van der Waals surface area contributed by atoms with Gasteiger partial charge in [-0.3, -0.25) is 14.0 Å². The number of sulfone groups is 1. The van der Waals surface area contributed by atoms with Gasteiger partial charge in [0.25, 0.3) is 5.56 Å². The van der Waals surface area contributed by atoms with Crippen molar-refractivity contribution in [2.45, 2.75) is 77.2 Å². The van der Waals surface area contributed by atoms with E-state index < -0.39 is 21.5 Å². The number of carbonyl (C=O) groups is 2. The van der Waals surface area contributed by atoms with Gasteiger partial charge in [-0.05, 0) is 69.9 Å². The Labute approximate surface area is 353 Å². The highest BCUT2D eigenvalue weighted by atomic mass is 35.5. The average Bonchev–Trinajstić information content (AvgIpc) is 3.61. The van der Waals surface area contributed by atoms with Gasteiger partial charge in [-0.2, -0.15) is 0 Å². The van der Waals surface area contributed by atoms with Crippen molar-refractivity contribution in [1.29, 1.82) is 0 Å².